The molecule has 1 saturated heterocycles. The van der Waals surface area contributed by atoms with Crippen molar-refractivity contribution in [2.75, 3.05) is 39.4 Å². The summed E-state index contributed by atoms with van der Waals surface area (Å²) < 4.78 is 10.9. The van der Waals surface area contributed by atoms with E-state index in [0.717, 1.165) is 63.2 Å². The molecule has 1 aromatic heterocycles. The molecule has 27 heavy (non-hydrogen) atoms. The maximum Gasteiger partial charge on any atom is 0.191 e. The highest BCUT2D eigenvalue weighted by atomic mass is 16.5. The highest BCUT2D eigenvalue weighted by Gasteiger charge is 2.22. The first-order chi connectivity index (χ1) is 13.0. The summed E-state index contributed by atoms with van der Waals surface area (Å²) in [6, 6.07) is 2.48. The Balaban J connectivity index is 1.94. The van der Waals surface area contributed by atoms with Gasteiger partial charge < -0.3 is 19.9 Å². The summed E-state index contributed by atoms with van der Waals surface area (Å²) in [5.41, 5.74) is 0.975. The van der Waals surface area contributed by atoms with Crippen molar-refractivity contribution in [2.24, 2.45) is 10.9 Å². The van der Waals surface area contributed by atoms with Crippen LogP contribution in [0.4, 0.5) is 0 Å². The zero-order chi connectivity index (χ0) is 19.6. The molecular formula is C20H37N5O2. The van der Waals surface area contributed by atoms with E-state index >= 15 is 0 Å². The van der Waals surface area contributed by atoms with E-state index in [2.05, 4.69) is 60.3 Å². The van der Waals surface area contributed by atoms with Crippen LogP contribution in [0.1, 0.15) is 58.4 Å². The van der Waals surface area contributed by atoms with Crippen molar-refractivity contribution in [2.45, 2.75) is 59.5 Å². The van der Waals surface area contributed by atoms with E-state index in [-0.39, 0.29) is 0 Å². The largest absolute Gasteiger partial charge is 0.379 e. The van der Waals surface area contributed by atoms with Gasteiger partial charge in [-0.1, -0.05) is 32.9 Å². The molecule has 7 heteroatoms. The lowest BCUT2D eigenvalue weighted by molar-refractivity contribution is 0.0132. The molecule has 1 fully saturated rings. The fourth-order valence-corrected chi connectivity index (χ4v) is 3.24. The molecule has 1 atom stereocenters. The predicted octanol–water partition coefficient (Wildman–Crippen LogP) is 2.60. The molecule has 0 aromatic carbocycles. The van der Waals surface area contributed by atoms with Crippen LogP contribution < -0.4 is 10.6 Å². The quantitative estimate of drug-likeness (QED) is 0.507. The van der Waals surface area contributed by atoms with Gasteiger partial charge in [0.2, 0.25) is 0 Å². The summed E-state index contributed by atoms with van der Waals surface area (Å²) in [5, 5.41) is 10.9. The lowest BCUT2D eigenvalue weighted by atomic mass is 10.0. The summed E-state index contributed by atoms with van der Waals surface area (Å²) in [7, 11) is 0. The standard InChI is InChI=1S/C20H37N5O2/c1-6-21-20(23-14-18-12-19(16(4)5)24-27-18)22-13-17(11-15(2)3)25-7-9-26-10-8-25/h12,15-17H,6-11,13-14H2,1-5H3,(H2,21,22,23). The Hall–Kier alpha value is -1.60. The fraction of sp³-hybridized carbons (Fsp3) is 0.800. The summed E-state index contributed by atoms with van der Waals surface area (Å²) in [6.07, 6.45) is 1.16. The summed E-state index contributed by atoms with van der Waals surface area (Å²) in [6.45, 7) is 16.7. The molecular weight excluding hydrogens is 342 g/mol. The predicted molar refractivity (Wildman–Crippen MR) is 109 cm³/mol. The van der Waals surface area contributed by atoms with Crippen molar-refractivity contribution in [1.29, 1.82) is 0 Å². The van der Waals surface area contributed by atoms with Gasteiger partial charge >= 0.3 is 0 Å². The molecule has 1 unspecified atom stereocenters. The number of aromatic nitrogens is 1. The average molecular weight is 380 g/mol. The first-order valence-electron chi connectivity index (χ1n) is 10.3. The first kappa shape index (κ1) is 21.7. The fourth-order valence-electron chi connectivity index (χ4n) is 3.24. The van der Waals surface area contributed by atoms with Crippen LogP contribution in [0.5, 0.6) is 0 Å². The molecule has 0 aliphatic carbocycles. The van der Waals surface area contributed by atoms with E-state index in [1.54, 1.807) is 0 Å². The van der Waals surface area contributed by atoms with Crippen LogP contribution in [0.15, 0.2) is 15.6 Å². The molecule has 1 aromatic rings. The second-order valence-corrected chi connectivity index (χ2v) is 7.88. The van der Waals surface area contributed by atoms with Crippen molar-refractivity contribution in [1.82, 2.24) is 20.7 Å². The van der Waals surface area contributed by atoms with Crippen LogP contribution in [0.2, 0.25) is 0 Å². The number of aliphatic imine (C=N–C) groups is 1. The zero-order valence-electron chi connectivity index (χ0n) is 17.6. The maximum atomic E-state index is 5.51. The lowest BCUT2D eigenvalue weighted by Crippen LogP contribution is -2.51. The lowest BCUT2D eigenvalue weighted by Gasteiger charge is -2.35. The highest BCUT2D eigenvalue weighted by molar-refractivity contribution is 5.79. The van der Waals surface area contributed by atoms with Crippen molar-refractivity contribution >= 4 is 5.96 Å². The van der Waals surface area contributed by atoms with Crippen LogP contribution in [0, 0.1) is 5.92 Å². The molecule has 2 N–H and O–H groups in total. The zero-order valence-corrected chi connectivity index (χ0v) is 17.6. The summed E-state index contributed by atoms with van der Waals surface area (Å²) in [4.78, 5) is 7.20. The number of morpholine rings is 1. The number of guanidine groups is 1. The van der Waals surface area contributed by atoms with E-state index < -0.39 is 0 Å². The van der Waals surface area contributed by atoms with Crippen molar-refractivity contribution in [3.05, 3.63) is 17.5 Å². The van der Waals surface area contributed by atoms with Crippen LogP contribution in [-0.2, 0) is 11.3 Å². The molecule has 2 rings (SSSR count). The third-order valence-corrected chi connectivity index (χ3v) is 4.72. The number of hydrogen-bond acceptors (Lipinski definition) is 5. The third-order valence-electron chi connectivity index (χ3n) is 4.72. The Kier molecular flexibility index (Phi) is 9.07. The van der Waals surface area contributed by atoms with Crippen LogP contribution >= 0.6 is 0 Å². The van der Waals surface area contributed by atoms with Gasteiger partial charge in [-0.3, -0.25) is 4.90 Å². The Morgan fingerprint density at radius 2 is 1.96 bits per heavy atom. The average Bonchev–Trinajstić information content (AvgIpc) is 3.12. The minimum Gasteiger partial charge on any atom is -0.379 e. The van der Waals surface area contributed by atoms with E-state index in [4.69, 9.17) is 9.26 Å². The summed E-state index contributed by atoms with van der Waals surface area (Å²) >= 11 is 0. The highest BCUT2D eigenvalue weighted by Crippen LogP contribution is 2.15. The number of nitrogens with zero attached hydrogens (tertiary/aromatic N) is 3. The Morgan fingerprint density at radius 1 is 1.22 bits per heavy atom. The van der Waals surface area contributed by atoms with Gasteiger partial charge in [0, 0.05) is 38.3 Å². The molecule has 0 amide bonds. The van der Waals surface area contributed by atoms with Crippen molar-refractivity contribution in [3.8, 4) is 0 Å². The minimum atomic E-state index is 0.364. The molecule has 1 aliphatic rings. The van der Waals surface area contributed by atoms with Gasteiger partial charge in [-0.2, -0.15) is 0 Å². The normalized spacial score (nSPS) is 17.5. The van der Waals surface area contributed by atoms with Gasteiger partial charge in [0.1, 0.15) is 6.54 Å². The van der Waals surface area contributed by atoms with Crippen LogP contribution in [-0.4, -0.2) is 61.5 Å². The van der Waals surface area contributed by atoms with Gasteiger partial charge in [0.05, 0.1) is 18.9 Å². The molecule has 1 aliphatic heterocycles. The third kappa shape index (κ3) is 7.50. The smallest absolute Gasteiger partial charge is 0.191 e. The van der Waals surface area contributed by atoms with Crippen molar-refractivity contribution in [3.63, 3.8) is 0 Å². The number of ether oxygens (including phenoxy) is 1. The SMILES string of the molecule is CCNC(=NCc1cc(C(C)C)no1)NCC(CC(C)C)N1CCOCC1. The first-order valence-corrected chi connectivity index (χ1v) is 10.3. The van der Waals surface area contributed by atoms with Gasteiger partial charge in [0.15, 0.2) is 11.7 Å². The molecule has 2 heterocycles. The van der Waals surface area contributed by atoms with Gasteiger partial charge in [0.25, 0.3) is 0 Å². The minimum absolute atomic E-state index is 0.364. The Labute approximate surface area is 163 Å². The number of nitrogens with one attached hydrogen (secondary N) is 2. The topological polar surface area (TPSA) is 74.9 Å². The molecule has 0 radical (unpaired) electrons. The monoisotopic (exact) mass is 379 g/mol. The number of rotatable bonds is 9. The van der Waals surface area contributed by atoms with E-state index in [1.807, 2.05) is 6.07 Å². The molecule has 0 spiro atoms. The molecule has 0 saturated carbocycles. The van der Waals surface area contributed by atoms with Crippen LogP contribution in [0.3, 0.4) is 0 Å². The van der Waals surface area contributed by atoms with E-state index in [9.17, 15) is 0 Å². The molecule has 154 valence electrons. The molecule has 7 nitrogen and oxygen atoms in total. The Morgan fingerprint density at radius 3 is 2.56 bits per heavy atom. The second-order valence-electron chi connectivity index (χ2n) is 7.88. The van der Waals surface area contributed by atoms with Gasteiger partial charge in [-0.25, -0.2) is 4.99 Å². The van der Waals surface area contributed by atoms with Crippen molar-refractivity contribution < 1.29 is 9.26 Å². The Bertz CT molecular complexity index is 564. The number of hydrogen-bond donors (Lipinski definition) is 2. The second kappa shape index (κ2) is 11.3. The molecule has 0 bridgehead atoms. The van der Waals surface area contributed by atoms with E-state index in [0.29, 0.717) is 24.4 Å². The van der Waals surface area contributed by atoms with Gasteiger partial charge in [-0.15, -0.1) is 0 Å². The van der Waals surface area contributed by atoms with E-state index in [1.165, 1.54) is 0 Å². The maximum absolute atomic E-state index is 5.51. The van der Waals surface area contributed by atoms with Crippen LogP contribution in [0.25, 0.3) is 0 Å². The summed E-state index contributed by atoms with van der Waals surface area (Å²) in [5.74, 6) is 2.63. The van der Waals surface area contributed by atoms with Gasteiger partial charge in [-0.05, 0) is 25.2 Å².